The molecule has 0 spiro atoms. The lowest BCUT2D eigenvalue weighted by molar-refractivity contribution is 0.669. The highest BCUT2D eigenvalue weighted by Gasteiger charge is 2.41. The first-order valence-corrected chi connectivity index (χ1v) is 23.8. The second-order valence-corrected chi connectivity index (χ2v) is 18.4. The molecule has 0 fully saturated rings. The number of furan rings is 1. The van der Waals surface area contributed by atoms with Crippen LogP contribution in [-0.2, 0) is 5.41 Å². The van der Waals surface area contributed by atoms with E-state index in [-0.39, 0.29) is 11.5 Å². The van der Waals surface area contributed by atoms with Gasteiger partial charge in [-0.3, -0.25) is 0 Å². The summed E-state index contributed by atoms with van der Waals surface area (Å²) >= 11 is 0. The lowest BCUT2D eigenvalue weighted by Crippen LogP contribution is -2.33. The Morgan fingerprint density at radius 1 is 0.456 bits per heavy atom. The molecule has 11 aromatic rings. The van der Waals surface area contributed by atoms with Crippen molar-refractivity contribution in [1.29, 1.82) is 0 Å². The fraction of sp³-hybridized carbons (Fsp3) is 0.0606. The Morgan fingerprint density at radius 2 is 1.06 bits per heavy atom. The first-order chi connectivity index (χ1) is 33.6. The molecule has 0 saturated carbocycles. The summed E-state index contributed by atoms with van der Waals surface area (Å²) in [6.07, 6.45) is 7.76. The van der Waals surface area contributed by atoms with E-state index in [1.807, 2.05) is 6.07 Å². The van der Waals surface area contributed by atoms with Crippen LogP contribution in [0.1, 0.15) is 35.6 Å². The van der Waals surface area contributed by atoms with Crippen molar-refractivity contribution in [2.24, 2.45) is 0 Å². The SMILES string of the molecule is CC1(c2ccccc2)c2ccccc2-c2c(-c3ccc(N(c4cccc(-c5cccc6oc7ccccc7c56)c4)C4CC=CC=C4c4cccc5cccc(-c6ccccc6)c45)cc3)cccc21. The summed E-state index contributed by atoms with van der Waals surface area (Å²) in [5.74, 6) is 0. The van der Waals surface area contributed by atoms with E-state index >= 15 is 0 Å². The van der Waals surface area contributed by atoms with Gasteiger partial charge in [-0.05, 0) is 133 Å². The molecule has 0 saturated heterocycles. The number of benzene rings is 10. The summed E-state index contributed by atoms with van der Waals surface area (Å²) in [6, 6.07) is 84.5. The van der Waals surface area contributed by atoms with Crippen molar-refractivity contribution < 1.29 is 4.42 Å². The molecule has 2 atom stereocenters. The molecule has 2 unspecified atom stereocenters. The van der Waals surface area contributed by atoms with E-state index in [4.69, 9.17) is 4.42 Å². The highest BCUT2D eigenvalue weighted by atomic mass is 16.3. The third kappa shape index (κ3) is 6.32. The van der Waals surface area contributed by atoms with Crippen LogP contribution in [0.25, 0.3) is 82.8 Å². The van der Waals surface area contributed by atoms with E-state index in [9.17, 15) is 0 Å². The van der Waals surface area contributed by atoms with Crippen LogP contribution in [0.3, 0.4) is 0 Å². The molecule has 0 radical (unpaired) electrons. The third-order valence-corrected chi connectivity index (χ3v) is 14.7. The number of fused-ring (bicyclic) bond motifs is 7. The molecule has 2 heteroatoms. The summed E-state index contributed by atoms with van der Waals surface area (Å²) in [4.78, 5) is 2.58. The molecule has 1 heterocycles. The smallest absolute Gasteiger partial charge is 0.136 e. The fourth-order valence-corrected chi connectivity index (χ4v) is 11.6. The van der Waals surface area contributed by atoms with E-state index < -0.39 is 0 Å². The minimum atomic E-state index is -0.267. The Morgan fingerprint density at radius 3 is 1.90 bits per heavy atom. The van der Waals surface area contributed by atoms with Gasteiger partial charge in [0, 0.05) is 27.6 Å². The van der Waals surface area contributed by atoms with Crippen molar-refractivity contribution in [3.05, 3.63) is 271 Å². The summed E-state index contributed by atoms with van der Waals surface area (Å²) in [5, 5.41) is 4.78. The van der Waals surface area contributed by atoms with Crippen LogP contribution in [0, 0.1) is 0 Å². The summed E-state index contributed by atoms with van der Waals surface area (Å²) < 4.78 is 6.40. The molecule has 10 aromatic carbocycles. The average molecular weight is 870 g/mol. The molecule has 0 amide bonds. The topological polar surface area (TPSA) is 16.4 Å². The van der Waals surface area contributed by atoms with Crippen LogP contribution >= 0.6 is 0 Å². The molecule has 2 aliphatic rings. The van der Waals surface area contributed by atoms with E-state index in [1.54, 1.807) is 0 Å². The standard InChI is InChI=1S/C66H47NO/c1-66(48-24-6-3-7-25-48)58-34-11-8-28-56(58)64-52(31-17-35-59(64)66)45-39-41-49(42-40-45)67(50-26-14-23-47(43-50)53-32-18-38-62-65(53)57-29-10-13-37-61(57)68-62)60-36-12-9-27-54(60)55-33-16-22-46-21-15-30-51(63(46)55)44-19-4-2-5-20-44/h2-35,37-43,60H,36H2,1H3. The van der Waals surface area contributed by atoms with Crippen LogP contribution in [0.4, 0.5) is 11.4 Å². The van der Waals surface area contributed by atoms with Gasteiger partial charge >= 0.3 is 0 Å². The first kappa shape index (κ1) is 39.9. The summed E-state index contributed by atoms with van der Waals surface area (Å²) in [6.45, 7) is 2.39. The van der Waals surface area contributed by atoms with Gasteiger partial charge in [-0.15, -0.1) is 0 Å². The van der Waals surface area contributed by atoms with Crippen molar-refractivity contribution in [2.45, 2.75) is 24.8 Å². The highest BCUT2D eigenvalue weighted by Crippen LogP contribution is 2.55. The Hall–Kier alpha value is -8.46. The molecule has 0 bridgehead atoms. The second kappa shape index (κ2) is 16.2. The van der Waals surface area contributed by atoms with Gasteiger partial charge < -0.3 is 9.32 Å². The van der Waals surface area contributed by atoms with Gasteiger partial charge in [0.2, 0.25) is 0 Å². The van der Waals surface area contributed by atoms with Gasteiger partial charge in [0.05, 0.1) is 6.04 Å². The highest BCUT2D eigenvalue weighted by molar-refractivity contribution is 6.12. The molecule has 2 aliphatic carbocycles. The van der Waals surface area contributed by atoms with E-state index in [1.165, 1.54) is 72.0 Å². The maximum atomic E-state index is 6.40. The first-order valence-electron chi connectivity index (χ1n) is 23.8. The molecule has 322 valence electrons. The largest absolute Gasteiger partial charge is 0.456 e. The van der Waals surface area contributed by atoms with Crippen LogP contribution in [-0.4, -0.2) is 6.04 Å². The monoisotopic (exact) mass is 869 g/mol. The average Bonchev–Trinajstić information content (AvgIpc) is 3.93. The van der Waals surface area contributed by atoms with Gasteiger partial charge in [0.25, 0.3) is 0 Å². The third-order valence-electron chi connectivity index (χ3n) is 14.7. The minimum absolute atomic E-state index is 0.0134. The molecule has 13 rings (SSSR count). The van der Waals surface area contributed by atoms with Crippen molar-refractivity contribution in [2.75, 3.05) is 4.90 Å². The molecule has 1 aromatic heterocycles. The number of hydrogen-bond acceptors (Lipinski definition) is 2. The maximum absolute atomic E-state index is 6.40. The van der Waals surface area contributed by atoms with Crippen molar-refractivity contribution in [1.82, 2.24) is 0 Å². The lowest BCUT2D eigenvalue weighted by Gasteiger charge is -2.37. The van der Waals surface area contributed by atoms with Gasteiger partial charge in [-0.2, -0.15) is 0 Å². The second-order valence-electron chi connectivity index (χ2n) is 18.4. The van der Waals surface area contributed by atoms with Crippen LogP contribution in [0.5, 0.6) is 0 Å². The molecule has 68 heavy (non-hydrogen) atoms. The van der Waals surface area contributed by atoms with Gasteiger partial charge in [-0.25, -0.2) is 0 Å². The number of para-hydroxylation sites is 1. The van der Waals surface area contributed by atoms with Gasteiger partial charge in [0.15, 0.2) is 0 Å². The van der Waals surface area contributed by atoms with E-state index in [0.717, 1.165) is 50.9 Å². The Bertz CT molecular complexity index is 3780. The quantitative estimate of drug-likeness (QED) is 0.151. The molecular weight excluding hydrogens is 823 g/mol. The summed E-state index contributed by atoms with van der Waals surface area (Å²) in [7, 11) is 0. The zero-order valence-electron chi connectivity index (χ0n) is 37.8. The van der Waals surface area contributed by atoms with Gasteiger partial charge in [0.1, 0.15) is 11.2 Å². The number of nitrogens with zero attached hydrogens (tertiary/aromatic N) is 1. The molecule has 0 aliphatic heterocycles. The Balaban J connectivity index is 0.982. The Kier molecular flexibility index (Phi) is 9.47. The molecule has 0 N–H and O–H groups in total. The number of rotatable bonds is 8. The van der Waals surface area contributed by atoms with Crippen LogP contribution in [0.2, 0.25) is 0 Å². The van der Waals surface area contributed by atoms with E-state index in [2.05, 4.69) is 255 Å². The minimum Gasteiger partial charge on any atom is -0.456 e. The summed E-state index contributed by atoms with van der Waals surface area (Å²) in [5.41, 5.74) is 20.2. The number of hydrogen-bond donors (Lipinski definition) is 0. The van der Waals surface area contributed by atoms with Crippen LogP contribution < -0.4 is 4.90 Å². The zero-order valence-corrected chi connectivity index (χ0v) is 37.8. The lowest BCUT2D eigenvalue weighted by atomic mass is 9.74. The van der Waals surface area contributed by atoms with Crippen molar-refractivity contribution in [3.63, 3.8) is 0 Å². The molecule has 2 nitrogen and oxygen atoms in total. The van der Waals surface area contributed by atoms with Gasteiger partial charge in [-0.1, -0.05) is 212 Å². The van der Waals surface area contributed by atoms with Crippen molar-refractivity contribution >= 4 is 49.7 Å². The van der Waals surface area contributed by atoms with E-state index in [0.29, 0.717) is 0 Å². The zero-order chi connectivity index (χ0) is 45.2. The number of allylic oxidation sites excluding steroid dienone is 2. The predicted molar refractivity (Wildman–Crippen MR) is 286 cm³/mol. The number of anilines is 2. The normalized spacial score (nSPS) is 16.2. The maximum Gasteiger partial charge on any atom is 0.136 e. The van der Waals surface area contributed by atoms with Crippen molar-refractivity contribution in [3.8, 4) is 44.5 Å². The molecular formula is C66H47NO. The fourth-order valence-electron chi connectivity index (χ4n) is 11.6. The predicted octanol–water partition coefficient (Wildman–Crippen LogP) is 17.6. The van der Waals surface area contributed by atoms with Crippen LogP contribution in [0.15, 0.2) is 253 Å². The Labute approximate surface area is 397 Å².